The van der Waals surface area contributed by atoms with E-state index < -0.39 is 0 Å². The fourth-order valence-corrected chi connectivity index (χ4v) is 2.15. The van der Waals surface area contributed by atoms with Crippen LogP contribution in [0, 0.1) is 5.92 Å². The smallest absolute Gasteiger partial charge is 0.220 e. The number of hydrogen-bond acceptors (Lipinski definition) is 3. The number of benzene rings is 1. The van der Waals surface area contributed by atoms with Gasteiger partial charge in [-0.15, -0.1) is 0 Å². The number of H-pyrrole nitrogens is 1. The SMILES string of the molecule is CCC(CN)CC(=O)NCc1ccc(-c2ccn[nH]2)cc1. The predicted octanol–water partition coefficient (Wildman–Crippen LogP) is 2.07. The topological polar surface area (TPSA) is 83.8 Å². The number of nitrogens with one attached hydrogen (secondary N) is 2. The number of carbonyl (C=O) groups is 1. The summed E-state index contributed by atoms with van der Waals surface area (Å²) in [6.07, 6.45) is 3.16. The standard InChI is InChI=1S/C16H22N4O/c1-2-12(10-17)9-16(21)18-11-13-3-5-14(6-4-13)15-7-8-19-20-15/h3-8,12H,2,9-11,17H2,1H3,(H,18,21)(H,19,20). The molecule has 1 aromatic carbocycles. The summed E-state index contributed by atoms with van der Waals surface area (Å²) in [6, 6.07) is 9.98. The number of carbonyl (C=O) groups excluding carboxylic acids is 1. The Morgan fingerprint density at radius 2 is 2.10 bits per heavy atom. The number of rotatable bonds is 7. The van der Waals surface area contributed by atoms with E-state index in [0.717, 1.165) is 23.2 Å². The molecule has 0 saturated carbocycles. The second-order valence-corrected chi connectivity index (χ2v) is 5.16. The van der Waals surface area contributed by atoms with Crippen molar-refractivity contribution < 1.29 is 4.79 Å². The summed E-state index contributed by atoms with van der Waals surface area (Å²) in [5.41, 5.74) is 8.76. The molecule has 0 aliphatic rings. The minimum atomic E-state index is 0.0601. The van der Waals surface area contributed by atoms with Gasteiger partial charge in [0.05, 0.1) is 5.69 Å². The van der Waals surface area contributed by atoms with Crippen LogP contribution < -0.4 is 11.1 Å². The van der Waals surface area contributed by atoms with Crippen LogP contribution in [0.15, 0.2) is 36.5 Å². The second-order valence-electron chi connectivity index (χ2n) is 5.16. The normalized spacial score (nSPS) is 12.1. The van der Waals surface area contributed by atoms with Crippen molar-refractivity contribution in [1.29, 1.82) is 0 Å². The molecule has 1 amide bonds. The van der Waals surface area contributed by atoms with Gasteiger partial charge in [-0.05, 0) is 29.7 Å². The molecule has 21 heavy (non-hydrogen) atoms. The van der Waals surface area contributed by atoms with E-state index in [4.69, 9.17) is 5.73 Å². The minimum absolute atomic E-state index is 0.0601. The third-order valence-corrected chi connectivity index (χ3v) is 3.64. The third-order valence-electron chi connectivity index (χ3n) is 3.64. The van der Waals surface area contributed by atoms with Crippen molar-refractivity contribution in [1.82, 2.24) is 15.5 Å². The van der Waals surface area contributed by atoms with Crippen molar-refractivity contribution in [2.24, 2.45) is 11.7 Å². The number of nitrogens with zero attached hydrogens (tertiary/aromatic N) is 1. The lowest BCUT2D eigenvalue weighted by atomic mass is 10.0. The molecule has 2 aromatic rings. The maximum Gasteiger partial charge on any atom is 0.220 e. The Labute approximate surface area is 124 Å². The van der Waals surface area contributed by atoms with E-state index in [9.17, 15) is 4.79 Å². The van der Waals surface area contributed by atoms with E-state index >= 15 is 0 Å². The van der Waals surface area contributed by atoms with Crippen molar-refractivity contribution in [3.63, 3.8) is 0 Å². The van der Waals surface area contributed by atoms with Crippen LogP contribution in [0.1, 0.15) is 25.3 Å². The van der Waals surface area contributed by atoms with E-state index in [-0.39, 0.29) is 11.8 Å². The molecule has 1 unspecified atom stereocenters. The molecule has 0 spiro atoms. The molecule has 1 heterocycles. The lowest BCUT2D eigenvalue weighted by Gasteiger charge is -2.12. The number of aromatic amines is 1. The summed E-state index contributed by atoms with van der Waals surface area (Å²) in [5.74, 6) is 0.331. The molecule has 0 bridgehead atoms. The fourth-order valence-electron chi connectivity index (χ4n) is 2.15. The van der Waals surface area contributed by atoms with Gasteiger partial charge in [0.1, 0.15) is 0 Å². The zero-order valence-electron chi connectivity index (χ0n) is 12.3. The number of amides is 1. The molecule has 0 fully saturated rings. The fraction of sp³-hybridized carbons (Fsp3) is 0.375. The van der Waals surface area contributed by atoms with Gasteiger partial charge in [-0.25, -0.2) is 0 Å². The van der Waals surface area contributed by atoms with Gasteiger partial charge in [0.15, 0.2) is 0 Å². The van der Waals surface area contributed by atoms with Crippen molar-refractivity contribution in [3.05, 3.63) is 42.1 Å². The average molecular weight is 286 g/mol. The van der Waals surface area contributed by atoms with Crippen LogP contribution in [-0.2, 0) is 11.3 Å². The summed E-state index contributed by atoms with van der Waals surface area (Å²) in [4.78, 5) is 11.8. The summed E-state index contributed by atoms with van der Waals surface area (Å²) < 4.78 is 0. The van der Waals surface area contributed by atoms with E-state index in [1.54, 1.807) is 6.20 Å². The predicted molar refractivity (Wildman–Crippen MR) is 83.3 cm³/mol. The van der Waals surface area contributed by atoms with Gasteiger partial charge < -0.3 is 11.1 Å². The van der Waals surface area contributed by atoms with E-state index in [1.165, 1.54) is 0 Å². The van der Waals surface area contributed by atoms with Gasteiger partial charge in [-0.1, -0.05) is 37.6 Å². The number of nitrogens with two attached hydrogens (primary N) is 1. The van der Waals surface area contributed by atoms with Gasteiger partial charge in [0.25, 0.3) is 0 Å². The van der Waals surface area contributed by atoms with Gasteiger partial charge in [0, 0.05) is 19.2 Å². The van der Waals surface area contributed by atoms with Crippen LogP contribution in [0.5, 0.6) is 0 Å². The largest absolute Gasteiger partial charge is 0.352 e. The molecule has 112 valence electrons. The molecule has 2 rings (SSSR count). The first-order valence-corrected chi connectivity index (χ1v) is 7.28. The Morgan fingerprint density at radius 1 is 1.33 bits per heavy atom. The van der Waals surface area contributed by atoms with Crippen molar-refractivity contribution >= 4 is 5.91 Å². The van der Waals surface area contributed by atoms with Crippen molar-refractivity contribution in [2.45, 2.75) is 26.3 Å². The van der Waals surface area contributed by atoms with Gasteiger partial charge >= 0.3 is 0 Å². The van der Waals surface area contributed by atoms with Crippen LogP contribution in [0.25, 0.3) is 11.3 Å². The minimum Gasteiger partial charge on any atom is -0.352 e. The highest BCUT2D eigenvalue weighted by Crippen LogP contribution is 2.16. The first kappa shape index (κ1) is 15.3. The first-order valence-electron chi connectivity index (χ1n) is 7.28. The molecule has 1 aromatic heterocycles. The molecular formula is C16H22N4O. The molecule has 0 aliphatic heterocycles. The zero-order chi connectivity index (χ0) is 15.1. The Morgan fingerprint density at radius 3 is 2.67 bits per heavy atom. The highest BCUT2D eigenvalue weighted by atomic mass is 16.1. The average Bonchev–Trinajstić information content (AvgIpc) is 3.05. The third kappa shape index (κ3) is 4.43. The summed E-state index contributed by atoms with van der Waals surface area (Å²) in [5, 5.41) is 9.80. The van der Waals surface area contributed by atoms with Crippen LogP contribution in [0.3, 0.4) is 0 Å². The molecule has 1 atom stereocenters. The van der Waals surface area contributed by atoms with Gasteiger partial charge in [-0.3, -0.25) is 9.89 Å². The van der Waals surface area contributed by atoms with Crippen LogP contribution in [0.2, 0.25) is 0 Å². The lowest BCUT2D eigenvalue weighted by molar-refractivity contribution is -0.122. The molecule has 4 N–H and O–H groups in total. The first-order chi connectivity index (χ1) is 10.2. The van der Waals surface area contributed by atoms with E-state index in [0.29, 0.717) is 19.5 Å². The molecular weight excluding hydrogens is 264 g/mol. The van der Waals surface area contributed by atoms with Crippen LogP contribution in [-0.4, -0.2) is 22.6 Å². The van der Waals surface area contributed by atoms with Crippen LogP contribution in [0.4, 0.5) is 0 Å². The quantitative estimate of drug-likeness (QED) is 0.728. The number of hydrogen-bond donors (Lipinski definition) is 3. The van der Waals surface area contributed by atoms with Gasteiger partial charge in [0.2, 0.25) is 5.91 Å². The summed E-state index contributed by atoms with van der Waals surface area (Å²) >= 11 is 0. The Balaban J connectivity index is 1.85. The molecule has 0 radical (unpaired) electrons. The maximum atomic E-state index is 11.8. The van der Waals surface area contributed by atoms with Gasteiger partial charge in [-0.2, -0.15) is 5.10 Å². The molecule has 5 heteroatoms. The summed E-state index contributed by atoms with van der Waals surface area (Å²) in [6.45, 7) is 3.16. The number of aromatic nitrogens is 2. The monoisotopic (exact) mass is 286 g/mol. The lowest BCUT2D eigenvalue weighted by Crippen LogP contribution is -2.27. The second kappa shape index (κ2) is 7.59. The maximum absolute atomic E-state index is 11.8. The molecule has 0 saturated heterocycles. The van der Waals surface area contributed by atoms with E-state index in [2.05, 4.69) is 22.4 Å². The zero-order valence-corrected chi connectivity index (χ0v) is 12.3. The Kier molecular flexibility index (Phi) is 5.51. The summed E-state index contributed by atoms with van der Waals surface area (Å²) in [7, 11) is 0. The molecule has 0 aliphatic carbocycles. The Bertz CT molecular complexity index is 544. The van der Waals surface area contributed by atoms with E-state index in [1.807, 2.05) is 30.3 Å². The molecule has 5 nitrogen and oxygen atoms in total. The highest BCUT2D eigenvalue weighted by Gasteiger charge is 2.10. The Hall–Kier alpha value is -2.14. The van der Waals surface area contributed by atoms with Crippen LogP contribution >= 0.6 is 0 Å². The van der Waals surface area contributed by atoms with Crippen molar-refractivity contribution in [3.8, 4) is 11.3 Å². The highest BCUT2D eigenvalue weighted by molar-refractivity contribution is 5.76. The van der Waals surface area contributed by atoms with Crippen molar-refractivity contribution in [2.75, 3.05) is 6.54 Å².